The monoisotopic (exact) mass is 639 g/mol. The van der Waals surface area contributed by atoms with Crippen LogP contribution >= 0.6 is 0 Å². The smallest absolute Gasteiger partial charge is 0.0616 e. The minimum Gasteiger partial charge on any atom is -0.0616 e. The van der Waals surface area contributed by atoms with Crippen molar-refractivity contribution < 1.29 is 9.60 Å². The predicted molar refractivity (Wildman–Crippen MR) is 216 cm³/mol. The first-order chi connectivity index (χ1) is 27.7. The second-order valence-corrected chi connectivity index (χ2v) is 12.7. The van der Waals surface area contributed by atoms with Gasteiger partial charge in [-0.15, -0.1) is 0 Å². The van der Waals surface area contributed by atoms with Crippen molar-refractivity contribution in [2.75, 3.05) is 0 Å². The van der Waals surface area contributed by atoms with Gasteiger partial charge in [-0.05, 0) is 117 Å². The largest absolute Gasteiger partial charge is 0.0636 e. The van der Waals surface area contributed by atoms with Crippen molar-refractivity contribution in [1.82, 2.24) is 0 Å². The molecular formula is C50H32. The summed E-state index contributed by atoms with van der Waals surface area (Å²) in [7, 11) is 0. The van der Waals surface area contributed by atoms with Gasteiger partial charge < -0.3 is 0 Å². The van der Waals surface area contributed by atoms with E-state index in [0.717, 1.165) is 43.4 Å². The second-order valence-electron chi connectivity index (χ2n) is 12.7. The van der Waals surface area contributed by atoms with Crippen LogP contribution in [-0.2, 0) is 0 Å². The molecule has 50 heavy (non-hydrogen) atoms. The van der Waals surface area contributed by atoms with Crippen molar-refractivity contribution in [2.24, 2.45) is 0 Å². The van der Waals surface area contributed by atoms with E-state index < -0.39 is 6.04 Å². The van der Waals surface area contributed by atoms with Crippen molar-refractivity contribution in [1.29, 1.82) is 0 Å². The fourth-order valence-corrected chi connectivity index (χ4v) is 7.53. The molecule has 0 saturated carbocycles. The van der Waals surface area contributed by atoms with E-state index in [4.69, 9.17) is 2.74 Å². The molecule has 0 bridgehead atoms. The van der Waals surface area contributed by atoms with Crippen molar-refractivity contribution in [3.8, 4) is 44.5 Å². The van der Waals surface area contributed by atoms with Crippen LogP contribution in [-0.4, -0.2) is 0 Å². The molecule has 0 saturated heterocycles. The van der Waals surface area contributed by atoms with E-state index in [1.807, 2.05) is 127 Å². The Bertz CT molecular complexity index is 3320. The summed E-state index contributed by atoms with van der Waals surface area (Å²) in [6.07, 6.45) is 0. The van der Waals surface area contributed by atoms with Crippen molar-refractivity contribution >= 4 is 53.9 Å². The summed E-state index contributed by atoms with van der Waals surface area (Å²) in [6, 6.07) is 48.0. The van der Waals surface area contributed by atoms with Gasteiger partial charge in [0, 0.05) is 0 Å². The van der Waals surface area contributed by atoms with E-state index in [1.54, 1.807) is 0 Å². The SMILES string of the molecule is [2H]c1c([2H])c([2H])c2c(-c3cccc4ccccc34)c3c([2H])c(-c4ccc5ccccc5c4)c([2H])c([2H])c3c(-c3cccc(-c4cccc5ccccc45)c3)c2c1[2H]. The lowest BCUT2D eigenvalue weighted by molar-refractivity contribution is 1.63. The normalized spacial score (nSPS) is 13.6. The van der Waals surface area contributed by atoms with Crippen LogP contribution in [0.5, 0.6) is 0 Å². The van der Waals surface area contributed by atoms with Crippen LogP contribution < -0.4 is 0 Å². The van der Waals surface area contributed by atoms with Gasteiger partial charge in [-0.25, -0.2) is 0 Å². The van der Waals surface area contributed by atoms with Crippen LogP contribution in [0.15, 0.2) is 194 Å². The Morgan fingerprint density at radius 2 is 0.880 bits per heavy atom. The molecule has 10 rings (SSSR count). The van der Waals surface area contributed by atoms with Crippen LogP contribution in [0.4, 0.5) is 0 Å². The molecule has 10 aromatic rings. The Balaban J connectivity index is 1.43. The quantitative estimate of drug-likeness (QED) is 0.168. The van der Waals surface area contributed by atoms with Crippen LogP contribution in [0.3, 0.4) is 0 Å². The summed E-state index contributed by atoms with van der Waals surface area (Å²) < 4.78 is 66.7. The summed E-state index contributed by atoms with van der Waals surface area (Å²) in [5.41, 5.74) is 4.93. The van der Waals surface area contributed by atoms with Gasteiger partial charge in [0.25, 0.3) is 0 Å². The Kier molecular flexibility index (Phi) is 5.14. The Morgan fingerprint density at radius 1 is 0.300 bits per heavy atom. The average molecular weight is 640 g/mol. The van der Waals surface area contributed by atoms with E-state index in [1.165, 1.54) is 0 Å². The van der Waals surface area contributed by atoms with Gasteiger partial charge >= 0.3 is 0 Å². The zero-order valence-electron chi connectivity index (χ0n) is 33.9. The zero-order valence-corrected chi connectivity index (χ0v) is 26.9. The van der Waals surface area contributed by atoms with Gasteiger partial charge in [-0.1, -0.05) is 176 Å². The lowest BCUT2D eigenvalue weighted by atomic mass is 9.83. The molecular weight excluding hydrogens is 601 g/mol. The third-order valence-electron chi connectivity index (χ3n) is 9.85. The first-order valence-corrected chi connectivity index (χ1v) is 16.8. The molecule has 0 aliphatic carbocycles. The summed E-state index contributed by atoms with van der Waals surface area (Å²) in [6.45, 7) is 0. The highest BCUT2D eigenvalue weighted by Gasteiger charge is 2.19. The highest BCUT2D eigenvalue weighted by atomic mass is 14.2. The first kappa shape index (κ1) is 22.2. The Labute approximate surface area is 301 Å². The minimum absolute atomic E-state index is 0.0185. The first-order valence-electron chi connectivity index (χ1n) is 20.3. The van der Waals surface area contributed by atoms with E-state index in [-0.39, 0.29) is 52.6 Å². The molecule has 0 atom stereocenters. The molecule has 0 heterocycles. The van der Waals surface area contributed by atoms with Gasteiger partial charge in [0.1, 0.15) is 0 Å². The summed E-state index contributed by atoms with van der Waals surface area (Å²) >= 11 is 0. The van der Waals surface area contributed by atoms with Gasteiger partial charge in [0.05, 0.1) is 9.60 Å². The topological polar surface area (TPSA) is 0 Å². The molecule has 0 aliphatic heterocycles. The maximum atomic E-state index is 10.1. The van der Waals surface area contributed by atoms with Crippen LogP contribution in [0, 0.1) is 0 Å². The molecule has 0 fully saturated rings. The third-order valence-corrected chi connectivity index (χ3v) is 9.85. The van der Waals surface area contributed by atoms with E-state index >= 15 is 0 Å². The summed E-state index contributed by atoms with van der Waals surface area (Å²) in [4.78, 5) is 0. The molecule has 0 amide bonds. The third kappa shape index (κ3) is 4.61. The van der Waals surface area contributed by atoms with Crippen LogP contribution in [0.2, 0.25) is 0 Å². The minimum atomic E-state index is -0.390. The second kappa shape index (κ2) is 11.6. The number of fused-ring (bicyclic) bond motifs is 5. The number of hydrogen-bond acceptors (Lipinski definition) is 0. The van der Waals surface area contributed by atoms with E-state index in [2.05, 4.69) is 24.3 Å². The van der Waals surface area contributed by atoms with Crippen LogP contribution in [0.25, 0.3) is 98.4 Å². The molecule has 0 spiro atoms. The number of hydrogen-bond donors (Lipinski definition) is 0. The molecule has 0 aromatic heterocycles. The fourth-order valence-electron chi connectivity index (χ4n) is 7.53. The number of rotatable bonds is 4. The van der Waals surface area contributed by atoms with E-state index in [0.29, 0.717) is 38.6 Å². The molecule has 0 N–H and O–H groups in total. The molecule has 0 unspecified atom stereocenters. The number of benzene rings is 10. The molecule has 0 aliphatic rings. The molecule has 0 radical (unpaired) electrons. The highest BCUT2D eigenvalue weighted by Crippen LogP contribution is 2.47. The molecule has 0 heteroatoms. The highest BCUT2D eigenvalue weighted by molar-refractivity contribution is 6.24. The Hall–Kier alpha value is -6.50. The standard InChI is InChI=1S/C50H32/c1-2-15-36-30-37(27-26-33(36)12-1)38-28-29-47-48(32-38)50(44-25-11-17-35-14-4-6-21-42(35)44)46-23-8-7-22-45(46)49(47)40-19-9-18-39(31-40)43-24-10-16-34-13-3-5-20-41(34)43/h1-32H/i7D,8D,22D,23D,28D,29D,32D. The Morgan fingerprint density at radius 3 is 1.66 bits per heavy atom. The van der Waals surface area contributed by atoms with Crippen molar-refractivity contribution in [2.45, 2.75) is 0 Å². The summed E-state index contributed by atoms with van der Waals surface area (Å²) in [5, 5.41) is 7.03. The maximum absolute atomic E-state index is 10.1. The fraction of sp³-hybridized carbons (Fsp3) is 0. The van der Waals surface area contributed by atoms with E-state index in [9.17, 15) is 6.85 Å². The molecule has 10 aromatic carbocycles. The van der Waals surface area contributed by atoms with Gasteiger partial charge in [0.2, 0.25) is 0 Å². The van der Waals surface area contributed by atoms with Crippen LogP contribution in [0.1, 0.15) is 9.60 Å². The zero-order chi connectivity index (χ0) is 39.1. The van der Waals surface area contributed by atoms with Gasteiger partial charge in [0.15, 0.2) is 0 Å². The van der Waals surface area contributed by atoms with Gasteiger partial charge in [-0.2, -0.15) is 0 Å². The van der Waals surface area contributed by atoms with Crippen molar-refractivity contribution in [3.63, 3.8) is 0 Å². The maximum Gasteiger partial charge on any atom is 0.0636 e. The molecule has 232 valence electrons. The molecule has 0 nitrogen and oxygen atoms in total. The average Bonchev–Trinajstić information content (AvgIpc) is 3.25. The lowest BCUT2D eigenvalue weighted by Gasteiger charge is -2.20. The van der Waals surface area contributed by atoms with Crippen molar-refractivity contribution in [3.05, 3.63) is 194 Å². The summed E-state index contributed by atoms with van der Waals surface area (Å²) in [5.74, 6) is 0. The lowest BCUT2D eigenvalue weighted by Crippen LogP contribution is -1.93. The van der Waals surface area contributed by atoms with Gasteiger partial charge in [-0.3, -0.25) is 0 Å². The predicted octanol–water partition coefficient (Wildman–Crippen LogP) is 14.1.